The van der Waals surface area contributed by atoms with Crippen LogP contribution in [0.3, 0.4) is 0 Å². The highest BCUT2D eigenvalue weighted by atomic mass is 15.2. The lowest BCUT2D eigenvalue weighted by Gasteiger charge is -2.19. The number of allylic oxidation sites excluding steroid dienone is 1. The lowest BCUT2D eigenvalue weighted by Crippen LogP contribution is -2.32. The second kappa shape index (κ2) is 6.41. The zero-order chi connectivity index (χ0) is 11.2. The molecule has 1 saturated heterocycles. The lowest BCUT2D eigenvalue weighted by molar-refractivity contribution is 0.330. The first-order valence-corrected chi connectivity index (χ1v) is 7.02. The van der Waals surface area contributed by atoms with Crippen molar-refractivity contribution in [2.75, 3.05) is 26.2 Å². The zero-order valence-corrected chi connectivity index (χ0v) is 10.7. The van der Waals surface area contributed by atoms with E-state index >= 15 is 0 Å². The van der Waals surface area contributed by atoms with Crippen LogP contribution in [0.15, 0.2) is 11.6 Å². The smallest absolute Gasteiger partial charge is 0.0207 e. The molecule has 0 aromatic carbocycles. The summed E-state index contributed by atoms with van der Waals surface area (Å²) in [6.07, 6.45) is 10.7. The van der Waals surface area contributed by atoms with E-state index in [1.54, 1.807) is 5.57 Å². The van der Waals surface area contributed by atoms with Crippen molar-refractivity contribution in [3.63, 3.8) is 0 Å². The van der Waals surface area contributed by atoms with E-state index in [4.69, 9.17) is 0 Å². The van der Waals surface area contributed by atoms with Crippen molar-refractivity contribution in [2.45, 2.75) is 51.5 Å². The van der Waals surface area contributed by atoms with E-state index in [2.05, 4.69) is 23.2 Å². The van der Waals surface area contributed by atoms with Gasteiger partial charge in [0.05, 0.1) is 0 Å². The van der Waals surface area contributed by atoms with E-state index in [9.17, 15) is 0 Å². The molecule has 2 nitrogen and oxygen atoms in total. The highest BCUT2D eigenvalue weighted by molar-refractivity contribution is 5.05. The Morgan fingerprint density at radius 1 is 1.44 bits per heavy atom. The van der Waals surface area contributed by atoms with Gasteiger partial charge in [0.1, 0.15) is 0 Å². The molecule has 0 saturated carbocycles. The lowest BCUT2D eigenvalue weighted by atomic mass is 9.97. The highest BCUT2D eigenvalue weighted by Crippen LogP contribution is 2.21. The maximum atomic E-state index is 3.56. The first-order valence-electron chi connectivity index (χ1n) is 7.02. The van der Waals surface area contributed by atoms with Crippen molar-refractivity contribution >= 4 is 0 Å². The van der Waals surface area contributed by atoms with Gasteiger partial charge in [0, 0.05) is 19.1 Å². The van der Waals surface area contributed by atoms with E-state index in [-0.39, 0.29) is 0 Å². The predicted molar refractivity (Wildman–Crippen MR) is 69.7 cm³/mol. The summed E-state index contributed by atoms with van der Waals surface area (Å²) in [6.45, 7) is 7.17. The van der Waals surface area contributed by atoms with Gasteiger partial charge in [-0.05, 0) is 51.6 Å². The second-order valence-corrected chi connectivity index (χ2v) is 5.20. The fourth-order valence-electron chi connectivity index (χ4n) is 2.92. The SMILES string of the molecule is CCNC1CCN(CCC2=CCCCC2)C1. The van der Waals surface area contributed by atoms with Gasteiger partial charge in [-0.3, -0.25) is 0 Å². The molecular formula is C14H26N2. The molecule has 0 aromatic rings. The number of likely N-dealkylation sites (tertiary alicyclic amines) is 1. The summed E-state index contributed by atoms with van der Waals surface area (Å²) in [5.41, 5.74) is 1.72. The van der Waals surface area contributed by atoms with Crippen LogP contribution >= 0.6 is 0 Å². The van der Waals surface area contributed by atoms with E-state index in [1.807, 2.05) is 0 Å². The van der Waals surface area contributed by atoms with Gasteiger partial charge in [-0.2, -0.15) is 0 Å². The van der Waals surface area contributed by atoms with Crippen LogP contribution in [0.1, 0.15) is 45.4 Å². The molecule has 16 heavy (non-hydrogen) atoms. The van der Waals surface area contributed by atoms with Gasteiger partial charge in [0.15, 0.2) is 0 Å². The minimum Gasteiger partial charge on any atom is -0.313 e. The minimum atomic E-state index is 0.755. The Morgan fingerprint density at radius 3 is 3.12 bits per heavy atom. The van der Waals surface area contributed by atoms with Crippen LogP contribution in [-0.4, -0.2) is 37.1 Å². The molecule has 1 N–H and O–H groups in total. The molecule has 0 radical (unpaired) electrons. The summed E-state index contributed by atoms with van der Waals surface area (Å²) in [7, 11) is 0. The molecule has 1 atom stereocenters. The maximum Gasteiger partial charge on any atom is 0.0207 e. The van der Waals surface area contributed by atoms with Crippen LogP contribution < -0.4 is 5.32 Å². The number of nitrogens with one attached hydrogen (secondary N) is 1. The normalized spacial score (nSPS) is 27.1. The van der Waals surface area contributed by atoms with Gasteiger partial charge in [-0.1, -0.05) is 18.6 Å². The van der Waals surface area contributed by atoms with Gasteiger partial charge in [-0.25, -0.2) is 0 Å². The van der Waals surface area contributed by atoms with Crippen LogP contribution in [0.2, 0.25) is 0 Å². The molecular weight excluding hydrogens is 196 g/mol. The fraction of sp³-hybridized carbons (Fsp3) is 0.857. The molecule has 1 unspecified atom stereocenters. The minimum absolute atomic E-state index is 0.755. The van der Waals surface area contributed by atoms with Gasteiger partial charge >= 0.3 is 0 Å². The van der Waals surface area contributed by atoms with Gasteiger partial charge in [0.2, 0.25) is 0 Å². The Kier molecular flexibility index (Phi) is 4.86. The summed E-state index contributed by atoms with van der Waals surface area (Å²) < 4.78 is 0. The molecule has 92 valence electrons. The third-order valence-corrected chi connectivity index (χ3v) is 3.90. The van der Waals surface area contributed by atoms with Gasteiger partial charge in [0.25, 0.3) is 0 Å². The van der Waals surface area contributed by atoms with Crippen molar-refractivity contribution in [3.05, 3.63) is 11.6 Å². The summed E-state index contributed by atoms with van der Waals surface area (Å²) in [5.74, 6) is 0. The Morgan fingerprint density at radius 2 is 2.38 bits per heavy atom. The molecule has 0 aromatic heterocycles. The number of likely N-dealkylation sites (N-methyl/N-ethyl adjacent to an activating group) is 1. The molecule has 2 heteroatoms. The average Bonchev–Trinajstić information content (AvgIpc) is 2.76. The maximum absolute atomic E-state index is 3.56. The average molecular weight is 222 g/mol. The van der Waals surface area contributed by atoms with Crippen LogP contribution in [0.4, 0.5) is 0 Å². The molecule has 1 aliphatic carbocycles. The summed E-state index contributed by atoms with van der Waals surface area (Å²) in [6, 6.07) is 0.755. The van der Waals surface area contributed by atoms with Crippen LogP contribution in [-0.2, 0) is 0 Å². The zero-order valence-electron chi connectivity index (χ0n) is 10.7. The van der Waals surface area contributed by atoms with Crippen LogP contribution in [0.5, 0.6) is 0 Å². The third-order valence-electron chi connectivity index (χ3n) is 3.90. The van der Waals surface area contributed by atoms with E-state index in [1.165, 1.54) is 58.2 Å². The number of rotatable bonds is 5. The molecule has 0 bridgehead atoms. The standard InChI is InChI=1S/C14H26N2/c1-2-15-14-9-11-16(12-14)10-8-13-6-4-3-5-7-13/h6,14-15H,2-5,7-12H2,1H3. The topological polar surface area (TPSA) is 15.3 Å². The van der Waals surface area contributed by atoms with Crippen LogP contribution in [0.25, 0.3) is 0 Å². The van der Waals surface area contributed by atoms with E-state index in [0.717, 1.165) is 12.6 Å². The van der Waals surface area contributed by atoms with Crippen LogP contribution in [0, 0.1) is 0 Å². The number of hydrogen-bond acceptors (Lipinski definition) is 2. The Labute approximate surface area is 100 Å². The molecule has 1 aliphatic heterocycles. The monoisotopic (exact) mass is 222 g/mol. The summed E-state index contributed by atoms with van der Waals surface area (Å²) in [5, 5.41) is 3.56. The molecule has 0 spiro atoms. The van der Waals surface area contributed by atoms with E-state index in [0.29, 0.717) is 0 Å². The van der Waals surface area contributed by atoms with Gasteiger partial charge < -0.3 is 10.2 Å². The Bertz CT molecular complexity index is 235. The van der Waals surface area contributed by atoms with Crippen molar-refractivity contribution in [1.29, 1.82) is 0 Å². The van der Waals surface area contributed by atoms with Crippen molar-refractivity contribution in [1.82, 2.24) is 10.2 Å². The third kappa shape index (κ3) is 3.60. The molecule has 2 aliphatic rings. The largest absolute Gasteiger partial charge is 0.313 e. The molecule has 2 rings (SSSR count). The van der Waals surface area contributed by atoms with Gasteiger partial charge in [-0.15, -0.1) is 0 Å². The number of nitrogens with zero attached hydrogens (tertiary/aromatic N) is 1. The molecule has 0 amide bonds. The molecule has 1 heterocycles. The molecule has 1 fully saturated rings. The predicted octanol–water partition coefficient (Wildman–Crippen LogP) is 2.56. The first kappa shape index (κ1) is 12.1. The van der Waals surface area contributed by atoms with Crippen molar-refractivity contribution in [2.24, 2.45) is 0 Å². The second-order valence-electron chi connectivity index (χ2n) is 5.20. The Balaban J connectivity index is 1.65. The van der Waals surface area contributed by atoms with E-state index < -0.39 is 0 Å². The summed E-state index contributed by atoms with van der Waals surface area (Å²) in [4.78, 5) is 2.63. The van der Waals surface area contributed by atoms with Crippen molar-refractivity contribution in [3.8, 4) is 0 Å². The fourth-order valence-corrected chi connectivity index (χ4v) is 2.92. The first-order chi connectivity index (χ1) is 7.88. The number of hydrogen-bond donors (Lipinski definition) is 1. The quantitative estimate of drug-likeness (QED) is 0.719. The highest BCUT2D eigenvalue weighted by Gasteiger charge is 2.21. The summed E-state index contributed by atoms with van der Waals surface area (Å²) >= 11 is 0. The Hall–Kier alpha value is -0.340. The van der Waals surface area contributed by atoms with Crippen molar-refractivity contribution < 1.29 is 0 Å².